The summed E-state index contributed by atoms with van der Waals surface area (Å²) < 4.78 is 0. The third-order valence-electron chi connectivity index (χ3n) is 3.54. The van der Waals surface area contributed by atoms with Crippen molar-refractivity contribution in [3.05, 3.63) is 33.9 Å². The van der Waals surface area contributed by atoms with Crippen molar-refractivity contribution in [2.75, 3.05) is 0 Å². The maximum Gasteiger partial charge on any atom is 0.321 e. The SMILES string of the molecule is CCCCC(C(C)=O)(C(=O)O)c1ccc(O)c([N+](=O)[O-])c1. The van der Waals surface area contributed by atoms with Crippen molar-refractivity contribution in [1.82, 2.24) is 0 Å². The number of Topliss-reactive ketones (excluding diaryl/α,β-unsaturated/α-hetero) is 1. The number of carboxylic acid groups (broad SMARTS) is 1. The summed E-state index contributed by atoms with van der Waals surface area (Å²) in [4.78, 5) is 33.7. The fraction of sp³-hybridized carbons (Fsp3) is 0.429. The van der Waals surface area contributed by atoms with Crippen LogP contribution in [0.25, 0.3) is 0 Å². The molecular formula is C14H17NO6. The fourth-order valence-corrected chi connectivity index (χ4v) is 2.28. The predicted octanol–water partition coefficient (Wildman–Crippen LogP) is 2.40. The van der Waals surface area contributed by atoms with E-state index in [1.807, 2.05) is 6.92 Å². The van der Waals surface area contributed by atoms with Gasteiger partial charge >= 0.3 is 11.7 Å². The lowest BCUT2D eigenvalue weighted by atomic mass is 9.73. The number of phenols is 1. The Labute approximate surface area is 121 Å². The molecule has 114 valence electrons. The van der Waals surface area contributed by atoms with Gasteiger partial charge in [0.2, 0.25) is 0 Å². The van der Waals surface area contributed by atoms with Gasteiger partial charge in [-0.1, -0.05) is 25.8 Å². The molecule has 21 heavy (non-hydrogen) atoms. The number of rotatable bonds is 7. The number of hydrogen-bond acceptors (Lipinski definition) is 5. The van der Waals surface area contributed by atoms with E-state index in [2.05, 4.69) is 0 Å². The van der Waals surface area contributed by atoms with Gasteiger partial charge in [-0.2, -0.15) is 0 Å². The maximum absolute atomic E-state index is 12.0. The molecule has 0 heterocycles. The summed E-state index contributed by atoms with van der Waals surface area (Å²) in [6, 6.07) is 3.24. The molecule has 1 aromatic rings. The minimum Gasteiger partial charge on any atom is -0.502 e. The zero-order valence-corrected chi connectivity index (χ0v) is 11.8. The van der Waals surface area contributed by atoms with Crippen molar-refractivity contribution in [2.45, 2.75) is 38.5 Å². The fourth-order valence-electron chi connectivity index (χ4n) is 2.28. The number of carbonyl (C=O) groups is 2. The summed E-state index contributed by atoms with van der Waals surface area (Å²) in [5.41, 5.74) is -2.43. The van der Waals surface area contributed by atoms with Crippen LogP contribution in [0.1, 0.15) is 38.7 Å². The molecule has 0 aliphatic carbocycles. The molecule has 0 amide bonds. The number of hydrogen-bond donors (Lipinski definition) is 2. The first-order valence-electron chi connectivity index (χ1n) is 6.49. The molecule has 0 spiro atoms. The molecule has 0 bridgehead atoms. The Kier molecular flexibility index (Phi) is 5.02. The van der Waals surface area contributed by atoms with E-state index in [1.165, 1.54) is 6.07 Å². The van der Waals surface area contributed by atoms with Crippen LogP contribution in [0.2, 0.25) is 0 Å². The monoisotopic (exact) mass is 295 g/mol. The highest BCUT2D eigenvalue weighted by Crippen LogP contribution is 2.36. The summed E-state index contributed by atoms with van der Waals surface area (Å²) >= 11 is 0. The van der Waals surface area contributed by atoms with Gasteiger partial charge in [-0.3, -0.25) is 19.7 Å². The van der Waals surface area contributed by atoms with E-state index in [9.17, 15) is 29.9 Å². The van der Waals surface area contributed by atoms with E-state index in [1.54, 1.807) is 0 Å². The van der Waals surface area contributed by atoms with E-state index >= 15 is 0 Å². The minimum absolute atomic E-state index is 0.0143. The number of nitro groups is 1. The number of ketones is 1. The van der Waals surface area contributed by atoms with Crippen molar-refractivity contribution in [3.63, 3.8) is 0 Å². The van der Waals surface area contributed by atoms with Crippen molar-refractivity contribution in [1.29, 1.82) is 0 Å². The molecule has 1 atom stereocenters. The van der Waals surface area contributed by atoms with Crippen LogP contribution in [0.15, 0.2) is 18.2 Å². The number of carboxylic acids is 1. The first-order valence-corrected chi connectivity index (χ1v) is 6.49. The Hall–Kier alpha value is -2.44. The quantitative estimate of drug-likeness (QED) is 0.453. The number of benzene rings is 1. The molecule has 0 fully saturated rings. The van der Waals surface area contributed by atoms with Crippen molar-refractivity contribution in [3.8, 4) is 5.75 Å². The molecule has 0 aliphatic heterocycles. The molecule has 7 nitrogen and oxygen atoms in total. The van der Waals surface area contributed by atoms with Gasteiger partial charge in [0.15, 0.2) is 16.9 Å². The van der Waals surface area contributed by atoms with Gasteiger partial charge in [-0.15, -0.1) is 0 Å². The summed E-state index contributed by atoms with van der Waals surface area (Å²) in [7, 11) is 0. The smallest absolute Gasteiger partial charge is 0.321 e. The van der Waals surface area contributed by atoms with Crippen LogP contribution in [0.3, 0.4) is 0 Å². The largest absolute Gasteiger partial charge is 0.502 e. The second-order valence-corrected chi connectivity index (χ2v) is 4.83. The van der Waals surface area contributed by atoms with Gasteiger partial charge in [-0.25, -0.2) is 0 Å². The maximum atomic E-state index is 12.0. The predicted molar refractivity (Wildman–Crippen MR) is 74.3 cm³/mol. The molecule has 2 N–H and O–H groups in total. The number of nitrogens with zero attached hydrogens (tertiary/aromatic N) is 1. The third kappa shape index (κ3) is 3.01. The number of carbonyl (C=O) groups excluding carboxylic acids is 1. The molecule has 7 heteroatoms. The first kappa shape index (κ1) is 16.6. The summed E-state index contributed by atoms with van der Waals surface area (Å²) in [6.45, 7) is 3.01. The van der Waals surface area contributed by atoms with Gasteiger partial charge in [0.25, 0.3) is 0 Å². The number of phenolic OH excluding ortho intramolecular Hbond substituents is 1. The lowest BCUT2D eigenvalue weighted by Crippen LogP contribution is -2.42. The standard InChI is InChI=1S/C14H17NO6/c1-3-4-7-14(9(2)16,13(18)19)10-5-6-12(17)11(8-10)15(20)21/h5-6,8,17H,3-4,7H2,1-2H3,(H,18,19). The summed E-state index contributed by atoms with van der Waals surface area (Å²) in [6.07, 6.45) is 1.22. The van der Waals surface area contributed by atoms with Crippen molar-refractivity contribution < 1.29 is 24.7 Å². The molecule has 0 aliphatic rings. The van der Waals surface area contributed by atoms with Crippen LogP contribution >= 0.6 is 0 Å². The molecular weight excluding hydrogens is 278 g/mol. The van der Waals surface area contributed by atoms with Crippen LogP contribution in [0.4, 0.5) is 5.69 Å². The van der Waals surface area contributed by atoms with Gasteiger partial charge in [-0.05, 0) is 25.0 Å². The molecule has 0 radical (unpaired) electrons. The molecule has 1 unspecified atom stereocenters. The second kappa shape index (κ2) is 6.34. The van der Waals surface area contributed by atoms with Gasteiger partial charge in [0, 0.05) is 6.07 Å². The van der Waals surface area contributed by atoms with Crippen LogP contribution in [-0.4, -0.2) is 26.9 Å². The average molecular weight is 295 g/mol. The van der Waals surface area contributed by atoms with Crippen molar-refractivity contribution in [2.24, 2.45) is 0 Å². The van der Waals surface area contributed by atoms with Crippen molar-refractivity contribution >= 4 is 17.4 Å². The van der Waals surface area contributed by atoms with E-state index in [0.717, 1.165) is 19.1 Å². The van der Waals surface area contributed by atoms with E-state index in [4.69, 9.17) is 0 Å². The second-order valence-electron chi connectivity index (χ2n) is 4.83. The van der Waals surface area contributed by atoms with E-state index < -0.39 is 33.5 Å². The third-order valence-corrected chi connectivity index (χ3v) is 3.54. The average Bonchev–Trinajstić information content (AvgIpc) is 2.40. The zero-order chi connectivity index (χ0) is 16.2. The zero-order valence-electron chi connectivity index (χ0n) is 11.8. The Balaban J connectivity index is 3.52. The highest BCUT2D eigenvalue weighted by atomic mass is 16.6. The van der Waals surface area contributed by atoms with Gasteiger partial charge < -0.3 is 10.2 Å². The molecule has 1 rings (SSSR count). The van der Waals surface area contributed by atoms with Crippen LogP contribution < -0.4 is 0 Å². The lowest BCUT2D eigenvalue weighted by molar-refractivity contribution is -0.385. The number of aromatic hydroxyl groups is 1. The number of unbranched alkanes of at least 4 members (excludes halogenated alkanes) is 1. The Morgan fingerprint density at radius 2 is 2.00 bits per heavy atom. The normalized spacial score (nSPS) is 13.4. The van der Waals surface area contributed by atoms with E-state index in [-0.39, 0.29) is 12.0 Å². The minimum atomic E-state index is -1.82. The van der Waals surface area contributed by atoms with Gasteiger partial charge in [0.1, 0.15) is 0 Å². The van der Waals surface area contributed by atoms with E-state index in [0.29, 0.717) is 12.8 Å². The lowest BCUT2D eigenvalue weighted by Gasteiger charge is -2.27. The summed E-state index contributed by atoms with van der Waals surface area (Å²) in [5, 5.41) is 29.8. The first-order chi connectivity index (χ1) is 9.77. The Bertz CT molecular complexity index is 567. The van der Waals surface area contributed by atoms with Crippen LogP contribution in [0, 0.1) is 10.1 Å². The molecule has 0 saturated heterocycles. The van der Waals surface area contributed by atoms with Crippen LogP contribution in [-0.2, 0) is 15.0 Å². The Morgan fingerprint density at radius 3 is 2.43 bits per heavy atom. The van der Waals surface area contributed by atoms with Gasteiger partial charge in [0.05, 0.1) is 4.92 Å². The Morgan fingerprint density at radius 1 is 1.38 bits per heavy atom. The summed E-state index contributed by atoms with van der Waals surface area (Å²) in [5.74, 6) is -2.51. The highest BCUT2D eigenvalue weighted by molar-refractivity contribution is 6.08. The van der Waals surface area contributed by atoms with Crippen LogP contribution in [0.5, 0.6) is 5.75 Å². The molecule has 1 aromatic carbocycles. The number of nitro benzene ring substituents is 1. The highest BCUT2D eigenvalue weighted by Gasteiger charge is 2.45. The molecule has 0 saturated carbocycles. The molecule has 0 aromatic heterocycles. The number of aliphatic carboxylic acids is 1. The topological polar surface area (TPSA) is 118 Å².